The molecule has 2 atom stereocenters. The molecule has 1 saturated heterocycles. The van der Waals surface area contributed by atoms with Gasteiger partial charge in [0.1, 0.15) is 11.8 Å². The fourth-order valence-electron chi connectivity index (χ4n) is 4.08. The van der Waals surface area contributed by atoms with Crippen LogP contribution in [0.2, 0.25) is 0 Å². The van der Waals surface area contributed by atoms with E-state index in [-0.39, 0.29) is 42.5 Å². The zero-order chi connectivity index (χ0) is 25.3. The first-order valence-corrected chi connectivity index (χ1v) is 11.9. The van der Waals surface area contributed by atoms with Crippen molar-refractivity contribution in [1.82, 2.24) is 15.5 Å². The molecule has 2 unspecified atom stereocenters. The summed E-state index contributed by atoms with van der Waals surface area (Å²) < 4.78 is 10.6. The molecular weight excluding hydrogens is 462 g/mol. The summed E-state index contributed by atoms with van der Waals surface area (Å²) in [5, 5.41) is 9.31. The summed E-state index contributed by atoms with van der Waals surface area (Å²) in [5.74, 6) is -0.245. The van der Waals surface area contributed by atoms with Crippen molar-refractivity contribution in [2.45, 2.75) is 44.8 Å². The lowest BCUT2D eigenvalue weighted by Crippen LogP contribution is -2.45. The SMILES string of the molecule is Cc1cc(NC(=O)CCC(=O)N(c2ccccc2)C(C(=O)NCC2CCCO2)c2ccncc2)no1. The molecule has 10 heteroatoms. The minimum Gasteiger partial charge on any atom is -0.376 e. The van der Waals surface area contributed by atoms with Gasteiger partial charge in [-0.05, 0) is 49.6 Å². The molecule has 36 heavy (non-hydrogen) atoms. The van der Waals surface area contributed by atoms with E-state index in [1.165, 1.54) is 4.90 Å². The van der Waals surface area contributed by atoms with Gasteiger partial charge in [-0.1, -0.05) is 23.4 Å². The van der Waals surface area contributed by atoms with Gasteiger partial charge in [0.05, 0.1) is 6.10 Å². The molecule has 1 aliphatic rings. The molecule has 188 valence electrons. The molecule has 3 amide bonds. The van der Waals surface area contributed by atoms with Crippen LogP contribution in [0.5, 0.6) is 0 Å². The van der Waals surface area contributed by atoms with Crippen LogP contribution in [0.4, 0.5) is 11.5 Å². The third-order valence-electron chi connectivity index (χ3n) is 5.82. The fourth-order valence-corrected chi connectivity index (χ4v) is 4.08. The number of ether oxygens (including phenoxy) is 1. The van der Waals surface area contributed by atoms with Gasteiger partial charge in [0.15, 0.2) is 5.82 Å². The Morgan fingerprint density at radius 1 is 1.11 bits per heavy atom. The number of nitrogens with one attached hydrogen (secondary N) is 2. The number of pyridine rings is 1. The monoisotopic (exact) mass is 491 g/mol. The number of aryl methyl sites for hydroxylation is 1. The van der Waals surface area contributed by atoms with Crippen molar-refractivity contribution in [3.63, 3.8) is 0 Å². The van der Waals surface area contributed by atoms with Gasteiger partial charge in [0.2, 0.25) is 17.7 Å². The van der Waals surface area contributed by atoms with Crippen molar-refractivity contribution in [2.24, 2.45) is 0 Å². The quantitative estimate of drug-likeness (QED) is 0.446. The van der Waals surface area contributed by atoms with E-state index >= 15 is 0 Å². The molecule has 1 aliphatic heterocycles. The van der Waals surface area contributed by atoms with Crippen LogP contribution in [-0.2, 0) is 19.1 Å². The first kappa shape index (κ1) is 25.1. The Kier molecular flexibility index (Phi) is 8.40. The second-order valence-electron chi connectivity index (χ2n) is 8.53. The van der Waals surface area contributed by atoms with Crippen molar-refractivity contribution < 1.29 is 23.6 Å². The highest BCUT2D eigenvalue weighted by atomic mass is 16.5. The molecule has 1 aromatic carbocycles. The normalized spacial score (nSPS) is 15.8. The number of nitrogens with zero attached hydrogens (tertiary/aromatic N) is 3. The standard InChI is InChI=1S/C26H29N5O5/c1-18-16-22(30-36-18)29-23(32)9-10-24(33)31(20-6-3-2-4-7-20)25(19-11-13-27-14-12-19)26(34)28-17-21-8-5-15-35-21/h2-4,6-7,11-14,16,21,25H,5,8-10,15,17H2,1H3,(H,28,34)(H,29,30,32). The molecule has 10 nitrogen and oxygen atoms in total. The van der Waals surface area contributed by atoms with Crippen LogP contribution < -0.4 is 15.5 Å². The molecule has 1 fully saturated rings. The molecule has 4 rings (SSSR count). The van der Waals surface area contributed by atoms with Crippen LogP contribution >= 0.6 is 0 Å². The van der Waals surface area contributed by atoms with E-state index in [0.717, 1.165) is 12.8 Å². The second kappa shape index (κ2) is 12.1. The van der Waals surface area contributed by atoms with E-state index in [4.69, 9.17) is 9.26 Å². The number of hydrogen-bond acceptors (Lipinski definition) is 7. The minimum atomic E-state index is -0.953. The highest BCUT2D eigenvalue weighted by Crippen LogP contribution is 2.29. The molecule has 3 aromatic rings. The number of rotatable bonds is 10. The van der Waals surface area contributed by atoms with Gasteiger partial charge < -0.3 is 19.9 Å². The number of carbonyl (C=O) groups is 3. The maximum atomic E-state index is 13.6. The maximum absolute atomic E-state index is 13.6. The first-order chi connectivity index (χ1) is 17.5. The lowest BCUT2D eigenvalue weighted by Gasteiger charge is -2.31. The summed E-state index contributed by atoms with van der Waals surface area (Å²) in [5.41, 5.74) is 1.15. The number of aromatic nitrogens is 2. The van der Waals surface area contributed by atoms with E-state index in [1.54, 1.807) is 61.8 Å². The van der Waals surface area contributed by atoms with E-state index in [2.05, 4.69) is 20.8 Å². The van der Waals surface area contributed by atoms with Crippen LogP contribution in [0.25, 0.3) is 0 Å². The highest BCUT2D eigenvalue weighted by Gasteiger charge is 2.33. The topological polar surface area (TPSA) is 127 Å². The van der Waals surface area contributed by atoms with Crippen LogP contribution in [0.1, 0.15) is 43.0 Å². The Morgan fingerprint density at radius 2 is 1.89 bits per heavy atom. The van der Waals surface area contributed by atoms with Crippen molar-refractivity contribution in [1.29, 1.82) is 0 Å². The van der Waals surface area contributed by atoms with Gasteiger partial charge in [0.25, 0.3) is 0 Å². The Balaban J connectivity index is 1.55. The summed E-state index contributed by atoms with van der Waals surface area (Å²) >= 11 is 0. The molecule has 3 heterocycles. The second-order valence-corrected chi connectivity index (χ2v) is 8.53. The first-order valence-electron chi connectivity index (χ1n) is 11.9. The average Bonchev–Trinajstić information content (AvgIpc) is 3.57. The lowest BCUT2D eigenvalue weighted by atomic mass is 10.0. The van der Waals surface area contributed by atoms with Crippen LogP contribution in [0.15, 0.2) is 65.4 Å². The Hall–Kier alpha value is -4.05. The highest BCUT2D eigenvalue weighted by molar-refractivity contribution is 6.03. The zero-order valence-corrected chi connectivity index (χ0v) is 20.1. The van der Waals surface area contributed by atoms with Crippen molar-refractivity contribution >= 4 is 29.2 Å². The van der Waals surface area contributed by atoms with Crippen molar-refractivity contribution in [2.75, 3.05) is 23.4 Å². The van der Waals surface area contributed by atoms with Gasteiger partial charge >= 0.3 is 0 Å². The number of amides is 3. The summed E-state index contributed by atoms with van der Waals surface area (Å²) in [6, 6.07) is 13.0. The fraction of sp³-hybridized carbons (Fsp3) is 0.346. The van der Waals surface area contributed by atoms with Crippen LogP contribution in [0, 0.1) is 6.92 Å². The van der Waals surface area contributed by atoms with Gasteiger partial charge in [-0.2, -0.15) is 0 Å². The number of benzene rings is 1. The molecule has 0 radical (unpaired) electrons. The Bertz CT molecular complexity index is 1160. The molecular formula is C26H29N5O5. The molecule has 2 N–H and O–H groups in total. The van der Waals surface area contributed by atoms with Crippen molar-refractivity contribution in [3.8, 4) is 0 Å². The summed E-state index contributed by atoms with van der Waals surface area (Å²) in [4.78, 5) is 45.0. The number of anilines is 2. The Labute approximate surface area is 209 Å². The maximum Gasteiger partial charge on any atom is 0.247 e. The van der Waals surface area contributed by atoms with Gasteiger partial charge in [-0.3, -0.25) is 24.3 Å². The van der Waals surface area contributed by atoms with E-state index in [9.17, 15) is 14.4 Å². The third kappa shape index (κ3) is 6.54. The predicted octanol–water partition coefficient (Wildman–Crippen LogP) is 3.17. The van der Waals surface area contributed by atoms with E-state index in [1.807, 2.05) is 6.07 Å². The molecule has 0 aliphatic carbocycles. The van der Waals surface area contributed by atoms with Crippen LogP contribution in [-0.4, -0.2) is 47.1 Å². The van der Waals surface area contributed by atoms with E-state index < -0.39 is 6.04 Å². The summed E-state index contributed by atoms with van der Waals surface area (Å²) in [6.07, 6.45) is 4.75. The minimum absolute atomic E-state index is 0.0446. The average molecular weight is 492 g/mol. The van der Waals surface area contributed by atoms with Gasteiger partial charge in [-0.25, -0.2) is 0 Å². The zero-order valence-electron chi connectivity index (χ0n) is 20.1. The number of hydrogen-bond donors (Lipinski definition) is 2. The number of para-hydroxylation sites is 1. The van der Waals surface area contributed by atoms with Crippen molar-refractivity contribution in [3.05, 3.63) is 72.2 Å². The predicted molar refractivity (Wildman–Crippen MR) is 132 cm³/mol. The van der Waals surface area contributed by atoms with E-state index in [0.29, 0.717) is 30.2 Å². The van der Waals surface area contributed by atoms with Crippen LogP contribution in [0.3, 0.4) is 0 Å². The number of carbonyl (C=O) groups excluding carboxylic acids is 3. The molecule has 0 bridgehead atoms. The van der Waals surface area contributed by atoms with Gasteiger partial charge in [0, 0.05) is 50.1 Å². The molecule has 0 saturated carbocycles. The van der Waals surface area contributed by atoms with Gasteiger partial charge in [-0.15, -0.1) is 0 Å². The lowest BCUT2D eigenvalue weighted by molar-refractivity contribution is -0.127. The third-order valence-corrected chi connectivity index (χ3v) is 5.82. The summed E-state index contributed by atoms with van der Waals surface area (Å²) in [6.45, 7) is 2.75. The molecule has 2 aromatic heterocycles. The largest absolute Gasteiger partial charge is 0.376 e. The molecule has 0 spiro atoms. The Morgan fingerprint density at radius 3 is 2.56 bits per heavy atom. The summed E-state index contributed by atoms with van der Waals surface area (Å²) in [7, 11) is 0. The smallest absolute Gasteiger partial charge is 0.247 e.